The summed E-state index contributed by atoms with van der Waals surface area (Å²) < 4.78 is 15.2. The van der Waals surface area contributed by atoms with Crippen LogP contribution in [0.2, 0.25) is 0 Å². The van der Waals surface area contributed by atoms with Crippen LogP contribution in [0.15, 0.2) is 0 Å². The number of hydrogen-bond acceptors (Lipinski definition) is 7. The molecule has 20 heavy (non-hydrogen) atoms. The van der Waals surface area contributed by atoms with Crippen molar-refractivity contribution in [2.75, 3.05) is 6.61 Å². The topological polar surface area (TPSA) is 111 Å². The Labute approximate surface area is 116 Å². The molecule has 4 atom stereocenters. The molecule has 1 rings (SSSR count). The van der Waals surface area contributed by atoms with Crippen molar-refractivity contribution in [3.63, 3.8) is 0 Å². The Balaban J connectivity index is 3.02. The molecule has 0 spiro atoms. The van der Waals surface area contributed by atoms with E-state index in [2.05, 4.69) is 5.32 Å². The number of rotatable bonds is 3. The smallest absolute Gasteiger partial charge is 0.303 e. The first-order chi connectivity index (χ1) is 9.13. The first-order valence-electron chi connectivity index (χ1n) is 6.11. The van der Waals surface area contributed by atoms with Crippen molar-refractivity contribution >= 4 is 17.8 Å². The Kier molecular flexibility index (Phi) is 5.07. The number of esters is 2. The maximum absolute atomic E-state index is 11.3. The number of ether oxygens (including phenoxy) is 3. The third kappa shape index (κ3) is 4.17. The van der Waals surface area contributed by atoms with E-state index in [1.807, 2.05) is 0 Å². The summed E-state index contributed by atoms with van der Waals surface area (Å²) >= 11 is 0. The Bertz CT molecular complexity index is 407. The second-order valence-corrected chi connectivity index (χ2v) is 4.77. The van der Waals surface area contributed by atoms with Crippen molar-refractivity contribution < 1.29 is 33.7 Å². The first kappa shape index (κ1) is 16.4. The molecule has 0 radical (unpaired) electrons. The van der Waals surface area contributed by atoms with E-state index >= 15 is 0 Å². The van der Waals surface area contributed by atoms with Gasteiger partial charge in [0.2, 0.25) is 11.7 Å². The molecular formula is C12H19NO7. The lowest BCUT2D eigenvalue weighted by Crippen LogP contribution is -2.66. The number of carbonyl (C=O) groups is 3. The molecule has 1 aliphatic heterocycles. The molecule has 1 heterocycles. The summed E-state index contributed by atoms with van der Waals surface area (Å²) in [5, 5.41) is 12.6. The van der Waals surface area contributed by atoms with E-state index in [1.165, 1.54) is 20.8 Å². The normalized spacial score (nSPS) is 33.1. The second kappa shape index (κ2) is 6.19. The van der Waals surface area contributed by atoms with Crippen LogP contribution in [0.4, 0.5) is 0 Å². The van der Waals surface area contributed by atoms with Crippen molar-refractivity contribution in [2.24, 2.45) is 0 Å². The van der Waals surface area contributed by atoms with Crippen LogP contribution in [0, 0.1) is 0 Å². The minimum atomic E-state index is -1.80. The average Bonchev–Trinajstić information content (AvgIpc) is 2.26. The van der Waals surface area contributed by atoms with E-state index in [1.54, 1.807) is 0 Å². The summed E-state index contributed by atoms with van der Waals surface area (Å²) in [5.41, 5.74) is 0. The van der Waals surface area contributed by atoms with E-state index in [4.69, 9.17) is 14.2 Å². The van der Waals surface area contributed by atoms with Crippen LogP contribution in [0.5, 0.6) is 0 Å². The van der Waals surface area contributed by atoms with Crippen LogP contribution in [-0.4, -0.2) is 53.6 Å². The summed E-state index contributed by atoms with van der Waals surface area (Å²) in [4.78, 5) is 33.5. The summed E-state index contributed by atoms with van der Waals surface area (Å²) in [7, 11) is 0. The number of amides is 1. The Morgan fingerprint density at radius 1 is 1.20 bits per heavy atom. The van der Waals surface area contributed by atoms with Crippen LogP contribution in [-0.2, 0) is 28.6 Å². The minimum absolute atomic E-state index is 0.130. The van der Waals surface area contributed by atoms with Gasteiger partial charge in [0.25, 0.3) is 0 Å². The van der Waals surface area contributed by atoms with Gasteiger partial charge in [0.05, 0.1) is 6.61 Å². The predicted molar refractivity (Wildman–Crippen MR) is 65.3 cm³/mol. The fraction of sp³-hybridized carbons (Fsp3) is 0.750. The summed E-state index contributed by atoms with van der Waals surface area (Å²) in [6, 6.07) is -0.899. The lowest BCUT2D eigenvalue weighted by atomic mass is 9.94. The second-order valence-electron chi connectivity index (χ2n) is 4.77. The lowest BCUT2D eigenvalue weighted by molar-refractivity contribution is -0.296. The van der Waals surface area contributed by atoms with E-state index in [9.17, 15) is 19.5 Å². The van der Waals surface area contributed by atoms with Crippen molar-refractivity contribution in [2.45, 2.75) is 51.7 Å². The quantitative estimate of drug-likeness (QED) is 0.647. The fourth-order valence-corrected chi connectivity index (χ4v) is 2.05. The largest absolute Gasteiger partial charge is 0.458 e. The Morgan fingerprint density at radius 2 is 1.75 bits per heavy atom. The molecular weight excluding hydrogens is 270 g/mol. The maximum Gasteiger partial charge on any atom is 0.303 e. The standard InChI is InChI=1S/C12H19NO7/c1-6(14)13-10-9(19-7(2)15)5-18-12(4,17)11(10)20-8(3)16/h9-11,17H,5H2,1-4H3,(H,13,14)/t9-,10-,11-,12-/m0/s1. The molecule has 0 saturated carbocycles. The molecule has 0 aromatic heterocycles. The van der Waals surface area contributed by atoms with Crippen LogP contribution >= 0.6 is 0 Å². The van der Waals surface area contributed by atoms with Crippen LogP contribution in [0.1, 0.15) is 27.7 Å². The Morgan fingerprint density at radius 3 is 2.20 bits per heavy atom. The molecule has 1 aliphatic rings. The summed E-state index contributed by atoms with van der Waals surface area (Å²) in [5.74, 6) is -3.44. The molecule has 2 N–H and O–H groups in total. The van der Waals surface area contributed by atoms with Gasteiger partial charge in [-0.3, -0.25) is 14.4 Å². The first-order valence-corrected chi connectivity index (χ1v) is 6.11. The monoisotopic (exact) mass is 289 g/mol. The third-order valence-electron chi connectivity index (χ3n) is 2.77. The van der Waals surface area contributed by atoms with E-state index in [-0.39, 0.29) is 6.61 Å². The van der Waals surface area contributed by atoms with Crippen molar-refractivity contribution in [3.05, 3.63) is 0 Å². The number of carbonyl (C=O) groups excluding carboxylic acids is 3. The van der Waals surface area contributed by atoms with E-state index in [0.717, 1.165) is 6.92 Å². The fourth-order valence-electron chi connectivity index (χ4n) is 2.05. The van der Waals surface area contributed by atoms with Crippen molar-refractivity contribution in [3.8, 4) is 0 Å². The van der Waals surface area contributed by atoms with Gasteiger partial charge in [-0.05, 0) is 6.92 Å². The van der Waals surface area contributed by atoms with Crippen LogP contribution in [0.25, 0.3) is 0 Å². The molecule has 0 aliphatic carbocycles. The average molecular weight is 289 g/mol. The van der Waals surface area contributed by atoms with Crippen LogP contribution < -0.4 is 5.32 Å². The lowest BCUT2D eigenvalue weighted by Gasteiger charge is -2.44. The summed E-state index contributed by atoms with van der Waals surface area (Å²) in [6.45, 7) is 4.81. The zero-order valence-electron chi connectivity index (χ0n) is 11.8. The number of aliphatic hydroxyl groups is 1. The molecule has 1 saturated heterocycles. The zero-order chi connectivity index (χ0) is 15.5. The summed E-state index contributed by atoms with van der Waals surface area (Å²) in [6.07, 6.45) is -2.05. The Hall–Kier alpha value is -1.67. The van der Waals surface area contributed by atoms with Crippen molar-refractivity contribution in [1.29, 1.82) is 0 Å². The SMILES string of the molecule is CC(=O)N[C@H]1[C@@H](OC(C)=O)CO[C@](C)(O)[C@H]1OC(C)=O. The van der Waals surface area contributed by atoms with Gasteiger partial charge in [-0.1, -0.05) is 0 Å². The molecule has 0 bridgehead atoms. The number of nitrogens with one attached hydrogen (secondary N) is 1. The van der Waals surface area contributed by atoms with E-state index < -0.39 is 41.9 Å². The third-order valence-corrected chi connectivity index (χ3v) is 2.77. The molecule has 1 amide bonds. The van der Waals surface area contributed by atoms with Gasteiger partial charge in [0, 0.05) is 20.8 Å². The van der Waals surface area contributed by atoms with Crippen LogP contribution in [0.3, 0.4) is 0 Å². The predicted octanol–water partition coefficient (Wildman–Crippen LogP) is -0.907. The highest BCUT2D eigenvalue weighted by Crippen LogP contribution is 2.28. The molecule has 8 heteroatoms. The molecule has 8 nitrogen and oxygen atoms in total. The molecule has 1 fully saturated rings. The van der Waals surface area contributed by atoms with Gasteiger partial charge < -0.3 is 24.6 Å². The van der Waals surface area contributed by atoms with Crippen molar-refractivity contribution in [1.82, 2.24) is 5.32 Å². The minimum Gasteiger partial charge on any atom is -0.458 e. The van der Waals surface area contributed by atoms with E-state index in [0.29, 0.717) is 0 Å². The zero-order valence-corrected chi connectivity index (χ0v) is 11.8. The van der Waals surface area contributed by atoms with Gasteiger partial charge in [-0.25, -0.2) is 0 Å². The molecule has 0 aromatic rings. The van der Waals surface area contributed by atoms with Gasteiger partial charge >= 0.3 is 11.9 Å². The van der Waals surface area contributed by atoms with Gasteiger partial charge in [0.1, 0.15) is 12.1 Å². The highest BCUT2D eigenvalue weighted by Gasteiger charge is 2.51. The highest BCUT2D eigenvalue weighted by molar-refractivity contribution is 5.74. The van der Waals surface area contributed by atoms with Gasteiger partial charge in [-0.15, -0.1) is 0 Å². The van der Waals surface area contributed by atoms with Gasteiger partial charge in [-0.2, -0.15) is 0 Å². The number of hydrogen-bond donors (Lipinski definition) is 2. The molecule has 0 aromatic carbocycles. The van der Waals surface area contributed by atoms with Gasteiger partial charge in [0.15, 0.2) is 6.10 Å². The highest BCUT2D eigenvalue weighted by atomic mass is 16.7. The molecule has 114 valence electrons. The molecule has 0 unspecified atom stereocenters. The maximum atomic E-state index is 11.3.